The second kappa shape index (κ2) is 55.5. The summed E-state index contributed by atoms with van der Waals surface area (Å²) in [5.74, 6) is -0.173. The van der Waals surface area contributed by atoms with Crippen molar-refractivity contribution >= 4 is 13.7 Å². The minimum absolute atomic E-state index is 0.0628. The highest BCUT2D eigenvalue weighted by Gasteiger charge is 2.28. The highest BCUT2D eigenvalue weighted by molar-refractivity contribution is 7.47. The van der Waals surface area contributed by atoms with Crippen LogP contribution in [0.15, 0.2) is 36.5 Å². The van der Waals surface area contributed by atoms with Crippen LogP contribution in [0.25, 0.3) is 0 Å². The van der Waals surface area contributed by atoms with Gasteiger partial charge >= 0.3 is 7.82 Å². The maximum atomic E-state index is 13.0. The molecule has 0 aliphatic rings. The monoisotopic (exact) mass is 1050 g/mol. The number of allylic oxidation sites excluding steroid dienone is 5. The fourth-order valence-corrected chi connectivity index (χ4v) is 10.3. The predicted molar refractivity (Wildman–Crippen MR) is 318 cm³/mol. The summed E-state index contributed by atoms with van der Waals surface area (Å²) >= 11 is 0. The van der Waals surface area contributed by atoms with Crippen molar-refractivity contribution in [2.75, 3.05) is 40.9 Å². The number of phosphoric acid groups is 1. The smallest absolute Gasteiger partial charge is 0.387 e. The van der Waals surface area contributed by atoms with Gasteiger partial charge in [0.1, 0.15) is 13.2 Å². The third kappa shape index (κ3) is 58.2. The number of rotatable bonds is 59. The van der Waals surface area contributed by atoms with E-state index in [0.29, 0.717) is 17.4 Å². The number of carbonyl (C=O) groups excluding carboxylic acids is 1. The molecule has 8 nitrogen and oxygen atoms in total. The average Bonchev–Trinajstić information content (AvgIpc) is 3.35. The van der Waals surface area contributed by atoms with Gasteiger partial charge in [-0.2, -0.15) is 0 Å². The summed E-state index contributed by atoms with van der Waals surface area (Å²) in [4.78, 5) is 23.4. The number of unbranched alkanes of at least 4 members (excludes halogenated alkanes) is 42. The molecule has 3 N–H and O–H groups in total. The molecule has 0 rings (SSSR count). The number of aliphatic hydroxyl groups excluding tert-OH is 1. The van der Waals surface area contributed by atoms with Crippen molar-refractivity contribution in [3.05, 3.63) is 36.5 Å². The molecule has 73 heavy (non-hydrogen) atoms. The van der Waals surface area contributed by atoms with E-state index < -0.39 is 20.0 Å². The Kier molecular flexibility index (Phi) is 54.5. The van der Waals surface area contributed by atoms with Gasteiger partial charge in [-0.15, -0.1) is 0 Å². The molecule has 432 valence electrons. The van der Waals surface area contributed by atoms with Gasteiger partial charge in [-0.25, -0.2) is 4.57 Å². The number of amides is 1. The third-order valence-electron chi connectivity index (χ3n) is 14.6. The van der Waals surface area contributed by atoms with Crippen LogP contribution in [-0.4, -0.2) is 73.4 Å². The van der Waals surface area contributed by atoms with Crippen molar-refractivity contribution in [2.24, 2.45) is 0 Å². The fraction of sp³-hybridized carbons (Fsp3) is 0.891. The van der Waals surface area contributed by atoms with Crippen molar-refractivity contribution in [3.8, 4) is 0 Å². The molecule has 0 aliphatic heterocycles. The highest BCUT2D eigenvalue weighted by Crippen LogP contribution is 2.43. The lowest BCUT2D eigenvalue weighted by molar-refractivity contribution is -0.870. The van der Waals surface area contributed by atoms with Crippen LogP contribution in [0, 0.1) is 0 Å². The normalized spacial score (nSPS) is 14.0. The summed E-state index contributed by atoms with van der Waals surface area (Å²) in [5, 5.41) is 14.0. The van der Waals surface area contributed by atoms with Gasteiger partial charge in [0.05, 0.1) is 39.9 Å². The molecule has 9 heteroatoms. The van der Waals surface area contributed by atoms with Crippen molar-refractivity contribution in [3.63, 3.8) is 0 Å². The van der Waals surface area contributed by atoms with Gasteiger partial charge in [-0.3, -0.25) is 13.8 Å². The van der Waals surface area contributed by atoms with Gasteiger partial charge in [-0.05, 0) is 51.4 Å². The molecular formula is C64H126N2O6P+. The Morgan fingerprint density at radius 2 is 0.781 bits per heavy atom. The molecule has 0 saturated heterocycles. The Morgan fingerprint density at radius 3 is 1.12 bits per heavy atom. The number of phosphoric ester groups is 1. The second-order valence-electron chi connectivity index (χ2n) is 23.1. The highest BCUT2D eigenvalue weighted by atomic mass is 31.2. The number of aliphatic hydroxyl groups is 1. The average molecular weight is 1050 g/mol. The van der Waals surface area contributed by atoms with Gasteiger partial charge in [0, 0.05) is 6.42 Å². The summed E-state index contributed by atoms with van der Waals surface area (Å²) in [7, 11) is 1.58. The molecule has 0 bridgehead atoms. The number of nitrogens with one attached hydrogen (secondary N) is 1. The van der Waals surface area contributed by atoms with Crippen LogP contribution in [0.1, 0.15) is 316 Å². The summed E-state index contributed by atoms with van der Waals surface area (Å²) in [6, 6.07) is -0.846. The lowest BCUT2D eigenvalue weighted by Crippen LogP contribution is -2.45. The van der Waals surface area contributed by atoms with Crippen molar-refractivity contribution in [1.82, 2.24) is 5.32 Å². The minimum Gasteiger partial charge on any atom is -0.387 e. The second-order valence-corrected chi connectivity index (χ2v) is 24.6. The van der Waals surface area contributed by atoms with Gasteiger partial charge in [0.15, 0.2) is 0 Å². The quantitative estimate of drug-likeness (QED) is 0.0243. The van der Waals surface area contributed by atoms with Crippen molar-refractivity contribution in [1.29, 1.82) is 0 Å². The zero-order valence-electron chi connectivity index (χ0n) is 49.4. The van der Waals surface area contributed by atoms with Crippen LogP contribution < -0.4 is 5.32 Å². The molecule has 0 heterocycles. The number of quaternary nitrogens is 1. The zero-order valence-corrected chi connectivity index (χ0v) is 50.3. The van der Waals surface area contributed by atoms with Gasteiger partial charge in [0.25, 0.3) is 0 Å². The van der Waals surface area contributed by atoms with Gasteiger partial charge < -0.3 is 19.8 Å². The SMILES string of the molecule is CCCCCCCCCCC/C=C\C/C=C\CCCCCCCCCCCCCCCCCC(=O)NC(COP(=O)(O)OCC[N+](C)(C)C)C(O)/C=C/CCCCCCCCCCCCCCCCCCCC. The summed E-state index contributed by atoms with van der Waals surface area (Å²) < 4.78 is 23.8. The molecule has 0 saturated carbocycles. The van der Waals surface area contributed by atoms with Crippen LogP contribution in [-0.2, 0) is 18.4 Å². The molecule has 3 atom stereocenters. The summed E-state index contributed by atoms with van der Waals surface area (Å²) in [6.07, 6.45) is 72.6. The number of carbonyl (C=O) groups is 1. The summed E-state index contributed by atoms with van der Waals surface area (Å²) in [5.41, 5.74) is 0. The molecule has 0 fully saturated rings. The maximum absolute atomic E-state index is 13.0. The Hall–Kier alpha value is -1.28. The van der Waals surface area contributed by atoms with E-state index in [-0.39, 0.29) is 19.1 Å². The first kappa shape index (κ1) is 71.7. The number of likely N-dealkylation sites (N-methyl/N-ethyl adjacent to an activating group) is 1. The minimum atomic E-state index is -4.35. The molecule has 0 aromatic carbocycles. The van der Waals surface area contributed by atoms with Crippen LogP contribution in [0.2, 0.25) is 0 Å². The lowest BCUT2D eigenvalue weighted by atomic mass is 10.0. The van der Waals surface area contributed by atoms with E-state index in [1.807, 2.05) is 27.2 Å². The Labute approximate surface area is 455 Å². The third-order valence-corrected chi connectivity index (χ3v) is 15.6. The standard InChI is InChI=1S/C64H125N2O6P/c1-6-8-10-12-14-16-18-20-22-24-26-28-29-30-31-32-33-34-35-36-37-38-40-42-44-46-48-50-52-54-56-58-64(68)65-62(61-72-73(69,70)71-60-59-66(3,4)5)63(67)57-55-53-51-49-47-45-43-41-39-27-25-23-21-19-17-15-13-11-9-7-2/h26,28,30-31,55,57,62-63,67H,6-25,27,29,32-54,56,58-61H2,1-5H3,(H-,65,68,69,70)/p+1/b28-26-,31-30-,57-55+. The topological polar surface area (TPSA) is 105 Å². The van der Waals surface area contributed by atoms with E-state index in [0.717, 1.165) is 44.9 Å². The molecular weight excluding hydrogens is 924 g/mol. The van der Waals surface area contributed by atoms with Crippen LogP contribution in [0.4, 0.5) is 0 Å². The van der Waals surface area contributed by atoms with Gasteiger partial charge in [0.2, 0.25) is 5.91 Å². The largest absolute Gasteiger partial charge is 0.472 e. The van der Waals surface area contributed by atoms with Gasteiger partial charge in [-0.1, -0.05) is 294 Å². The van der Waals surface area contributed by atoms with E-state index in [1.165, 1.54) is 250 Å². The molecule has 0 radical (unpaired) electrons. The molecule has 0 spiro atoms. The van der Waals surface area contributed by atoms with E-state index in [1.54, 1.807) is 6.08 Å². The molecule has 0 aromatic rings. The Balaban J connectivity index is 4.09. The fourth-order valence-electron chi connectivity index (χ4n) is 9.61. The van der Waals surface area contributed by atoms with E-state index in [2.05, 4.69) is 43.5 Å². The van der Waals surface area contributed by atoms with Crippen LogP contribution >= 0.6 is 7.82 Å². The van der Waals surface area contributed by atoms with Crippen molar-refractivity contribution in [2.45, 2.75) is 328 Å². The Bertz CT molecular complexity index is 1280. The predicted octanol–water partition coefficient (Wildman–Crippen LogP) is 19.7. The van der Waals surface area contributed by atoms with E-state index in [4.69, 9.17) is 9.05 Å². The van der Waals surface area contributed by atoms with E-state index in [9.17, 15) is 19.4 Å². The molecule has 0 aromatic heterocycles. The van der Waals surface area contributed by atoms with Crippen LogP contribution in [0.3, 0.4) is 0 Å². The lowest BCUT2D eigenvalue weighted by Gasteiger charge is -2.25. The molecule has 1 amide bonds. The number of nitrogens with zero attached hydrogens (tertiary/aromatic N) is 1. The number of hydrogen-bond donors (Lipinski definition) is 3. The molecule has 0 aliphatic carbocycles. The van der Waals surface area contributed by atoms with Crippen molar-refractivity contribution < 1.29 is 32.9 Å². The first-order valence-corrected chi connectivity index (χ1v) is 33.4. The van der Waals surface area contributed by atoms with Crippen LogP contribution in [0.5, 0.6) is 0 Å². The van der Waals surface area contributed by atoms with E-state index >= 15 is 0 Å². The molecule has 3 unspecified atom stereocenters. The first-order valence-electron chi connectivity index (χ1n) is 31.9. The Morgan fingerprint density at radius 1 is 0.466 bits per heavy atom. The first-order chi connectivity index (χ1) is 35.5. The summed E-state index contributed by atoms with van der Waals surface area (Å²) in [6.45, 7) is 4.86. The maximum Gasteiger partial charge on any atom is 0.472 e. The zero-order chi connectivity index (χ0) is 53.5. The number of hydrogen-bond acceptors (Lipinski definition) is 5.